The molecule has 8 nitrogen and oxygen atoms in total. The van der Waals surface area contributed by atoms with Crippen molar-refractivity contribution in [3.8, 4) is 6.07 Å². The number of nitrogens with two attached hydrogens (primary N) is 1. The van der Waals surface area contributed by atoms with E-state index in [0.29, 0.717) is 30.2 Å². The molecule has 0 saturated carbocycles. The van der Waals surface area contributed by atoms with Gasteiger partial charge in [0.25, 0.3) is 0 Å². The lowest BCUT2D eigenvalue weighted by Gasteiger charge is -2.31. The number of halogens is 1. The van der Waals surface area contributed by atoms with Crippen molar-refractivity contribution in [3.05, 3.63) is 64.9 Å². The van der Waals surface area contributed by atoms with E-state index in [2.05, 4.69) is 33.4 Å². The molecule has 184 valence electrons. The Labute approximate surface area is 211 Å². The van der Waals surface area contributed by atoms with Gasteiger partial charge in [0.2, 0.25) is 11.8 Å². The van der Waals surface area contributed by atoms with Gasteiger partial charge in [-0.1, -0.05) is 41.9 Å². The van der Waals surface area contributed by atoms with Crippen LogP contribution in [0, 0.1) is 11.3 Å². The lowest BCUT2D eigenvalue weighted by atomic mass is 10.0. The zero-order chi connectivity index (χ0) is 24.8. The molecule has 0 radical (unpaired) electrons. The van der Waals surface area contributed by atoms with E-state index in [-0.39, 0.29) is 42.9 Å². The number of hydrogen-bond acceptors (Lipinski definition) is 6. The summed E-state index contributed by atoms with van der Waals surface area (Å²) in [6.45, 7) is 1.29. The third kappa shape index (κ3) is 6.17. The first-order chi connectivity index (χ1) is 17.0. The first-order valence-electron chi connectivity index (χ1n) is 12.1. The highest BCUT2D eigenvalue weighted by Crippen LogP contribution is 2.30. The minimum absolute atomic E-state index is 0.0704. The number of hydrogen-bond donors (Lipinski definition) is 2. The van der Waals surface area contributed by atoms with Gasteiger partial charge in [-0.2, -0.15) is 5.26 Å². The second-order valence-electron chi connectivity index (χ2n) is 9.27. The van der Waals surface area contributed by atoms with Crippen LogP contribution in [-0.4, -0.2) is 63.9 Å². The summed E-state index contributed by atoms with van der Waals surface area (Å²) in [6.07, 6.45) is 4.56. The highest BCUT2D eigenvalue weighted by molar-refractivity contribution is 6.30. The number of fused-ring (bicyclic) bond motifs is 1. The number of carbonyl (C=O) groups excluding carboxylic acids is 2. The Bertz CT molecular complexity index is 1060. The van der Waals surface area contributed by atoms with Gasteiger partial charge in [0.05, 0.1) is 35.8 Å². The third-order valence-electron chi connectivity index (χ3n) is 6.92. The lowest BCUT2D eigenvalue weighted by molar-refractivity contribution is -0.142. The Morgan fingerprint density at radius 3 is 2.80 bits per heavy atom. The number of nitrogens with zero attached hydrogens (tertiary/aromatic N) is 4. The first-order valence-corrected chi connectivity index (χ1v) is 12.4. The Hall–Kier alpha value is -2.99. The van der Waals surface area contributed by atoms with E-state index in [1.54, 1.807) is 17.0 Å². The Kier molecular flexibility index (Phi) is 8.34. The van der Waals surface area contributed by atoms with Crippen molar-refractivity contribution in [1.82, 2.24) is 20.1 Å². The molecular weight excluding hydrogens is 464 g/mol. The number of aryl methyl sites for hydroxylation is 1. The summed E-state index contributed by atoms with van der Waals surface area (Å²) in [5, 5.41) is 12.8. The van der Waals surface area contributed by atoms with Crippen LogP contribution in [0.15, 0.2) is 48.7 Å². The lowest BCUT2D eigenvalue weighted by Crippen LogP contribution is -2.53. The SMILES string of the molecule is N#CC[C@H](C(=O)NCc1ccc(Cl)cn1)N1CCC(CCc2ccccc2)N2C[C@H](N)C[C@H]2C1=O. The van der Waals surface area contributed by atoms with E-state index in [4.69, 9.17) is 17.3 Å². The van der Waals surface area contributed by atoms with Crippen LogP contribution in [-0.2, 0) is 22.6 Å². The predicted octanol–water partition coefficient (Wildman–Crippen LogP) is 2.27. The van der Waals surface area contributed by atoms with Crippen LogP contribution < -0.4 is 11.1 Å². The Morgan fingerprint density at radius 2 is 2.09 bits per heavy atom. The van der Waals surface area contributed by atoms with Crippen molar-refractivity contribution in [2.24, 2.45) is 5.73 Å². The number of pyridine rings is 1. The standard InChI is InChI=1S/C26H31ClN6O2/c27-19-7-8-21(30-15-19)16-31-25(34)23(10-12-28)32-13-11-22(9-6-18-4-2-1-3-5-18)33-17-20(29)14-24(33)26(32)35/h1-5,7-8,15,20,22-24H,6,9-11,13-14,16-17,29H2,(H,31,34)/t20-,22?,23-,24+/m1/s1. The molecule has 3 heterocycles. The first kappa shape index (κ1) is 25.1. The van der Waals surface area contributed by atoms with E-state index >= 15 is 0 Å². The Morgan fingerprint density at radius 1 is 1.29 bits per heavy atom. The fourth-order valence-electron chi connectivity index (χ4n) is 5.13. The van der Waals surface area contributed by atoms with Crippen LogP contribution in [0.3, 0.4) is 0 Å². The molecule has 2 saturated heterocycles. The maximum atomic E-state index is 13.6. The van der Waals surface area contributed by atoms with Gasteiger partial charge in [0, 0.05) is 31.4 Å². The van der Waals surface area contributed by atoms with E-state index in [0.717, 1.165) is 19.3 Å². The molecule has 2 aliphatic rings. The topological polar surface area (TPSA) is 115 Å². The molecule has 2 aromatic rings. The van der Waals surface area contributed by atoms with Crippen LogP contribution >= 0.6 is 11.6 Å². The van der Waals surface area contributed by atoms with Crippen LogP contribution in [0.25, 0.3) is 0 Å². The maximum Gasteiger partial charge on any atom is 0.244 e. The Balaban J connectivity index is 1.47. The largest absolute Gasteiger partial charge is 0.349 e. The molecular formula is C26H31ClN6O2. The van der Waals surface area contributed by atoms with Crippen LogP contribution in [0.1, 0.15) is 36.9 Å². The van der Waals surface area contributed by atoms with Crippen molar-refractivity contribution in [2.45, 2.75) is 62.8 Å². The summed E-state index contributed by atoms with van der Waals surface area (Å²) in [6, 6.07) is 14.7. The van der Waals surface area contributed by atoms with Gasteiger partial charge in [0.15, 0.2) is 0 Å². The molecule has 4 rings (SSSR count). The summed E-state index contributed by atoms with van der Waals surface area (Å²) in [4.78, 5) is 34.8. The quantitative estimate of drug-likeness (QED) is 0.581. The number of carbonyl (C=O) groups is 2. The van der Waals surface area contributed by atoms with Crippen molar-refractivity contribution in [1.29, 1.82) is 5.26 Å². The fraction of sp³-hybridized carbons (Fsp3) is 0.462. The molecule has 1 unspecified atom stereocenters. The zero-order valence-electron chi connectivity index (χ0n) is 19.6. The summed E-state index contributed by atoms with van der Waals surface area (Å²) in [7, 11) is 0. The number of rotatable bonds is 8. The number of amides is 2. The van der Waals surface area contributed by atoms with Crippen molar-refractivity contribution >= 4 is 23.4 Å². The van der Waals surface area contributed by atoms with Gasteiger partial charge >= 0.3 is 0 Å². The summed E-state index contributed by atoms with van der Waals surface area (Å²) < 4.78 is 0. The third-order valence-corrected chi connectivity index (χ3v) is 7.14. The van der Waals surface area contributed by atoms with E-state index in [1.165, 1.54) is 11.8 Å². The maximum absolute atomic E-state index is 13.6. The molecule has 0 aliphatic carbocycles. The monoisotopic (exact) mass is 494 g/mol. The number of aromatic nitrogens is 1. The molecule has 1 aromatic heterocycles. The minimum atomic E-state index is -0.855. The highest BCUT2D eigenvalue weighted by atomic mass is 35.5. The molecule has 4 atom stereocenters. The second-order valence-corrected chi connectivity index (χ2v) is 9.71. The van der Waals surface area contributed by atoms with Crippen molar-refractivity contribution in [2.75, 3.05) is 13.1 Å². The average Bonchev–Trinajstić information content (AvgIpc) is 3.21. The molecule has 3 N–H and O–H groups in total. The molecule has 0 bridgehead atoms. The van der Waals surface area contributed by atoms with Crippen LogP contribution in [0.4, 0.5) is 0 Å². The van der Waals surface area contributed by atoms with Crippen LogP contribution in [0.5, 0.6) is 0 Å². The number of benzene rings is 1. The summed E-state index contributed by atoms with van der Waals surface area (Å²) in [5.74, 6) is -0.464. The highest BCUT2D eigenvalue weighted by Gasteiger charge is 2.45. The fourth-order valence-corrected chi connectivity index (χ4v) is 5.24. The van der Waals surface area contributed by atoms with Gasteiger partial charge < -0.3 is 16.0 Å². The summed E-state index contributed by atoms with van der Waals surface area (Å²) >= 11 is 5.88. The predicted molar refractivity (Wildman–Crippen MR) is 133 cm³/mol. The van der Waals surface area contributed by atoms with Gasteiger partial charge in [0.1, 0.15) is 6.04 Å². The minimum Gasteiger partial charge on any atom is -0.349 e. The molecule has 1 aromatic carbocycles. The van der Waals surface area contributed by atoms with Crippen molar-refractivity contribution in [3.63, 3.8) is 0 Å². The van der Waals surface area contributed by atoms with E-state index in [1.807, 2.05) is 18.2 Å². The second kappa shape index (κ2) is 11.6. The van der Waals surface area contributed by atoms with Gasteiger partial charge in [-0.3, -0.25) is 19.5 Å². The van der Waals surface area contributed by atoms with Gasteiger partial charge in [-0.15, -0.1) is 0 Å². The summed E-state index contributed by atoms with van der Waals surface area (Å²) in [5.41, 5.74) is 8.19. The van der Waals surface area contributed by atoms with Gasteiger partial charge in [-0.25, -0.2) is 0 Å². The molecule has 35 heavy (non-hydrogen) atoms. The van der Waals surface area contributed by atoms with E-state index in [9.17, 15) is 14.9 Å². The normalized spacial score (nSPS) is 23.3. The molecule has 9 heteroatoms. The zero-order valence-corrected chi connectivity index (χ0v) is 20.4. The number of nitriles is 1. The molecule has 0 spiro atoms. The smallest absolute Gasteiger partial charge is 0.244 e. The van der Waals surface area contributed by atoms with E-state index < -0.39 is 6.04 Å². The van der Waals surface area contributed by atoms with Crippen molar-refractivity contribution < 1.29 is 9.59 Å². The van der Waals surface area contributed by atoms with Crippen LogP contribution in [0.2, 0.25) is 5.02 Å². The van der Waals surface area contributed by atoms with Gasteiger partial charge in [-0.05, 0) is 43.4 Å². The molecule has 2 aliphatic heterocycles. The average molecular weight is 495 g/mol. The molecule has 2 amide bonds. The number of nitrogens with one attached hydrogen (secondary N) is 1. The molecule has 2 fully saturated rings.